The number of non-ortho nitro benzene ring substituents is 1. The van der Waals surface area contributed by atoms with Crippen molar-refractivity contribution in [3.8, 4) is 0 Å². The van der Waals surface area contributed by atoms with Crippen molar-refractivity contribution >= 4 is 39.0 Å². The number of methoxy groups -OCH3 is 1. The molecular weight excluding hydrogens is 398 g/mol. The average molecular weight is 420 g/mol. The minimum Gasteiger partial charge on any atom is -0.385 e. The fourth-order valence-corrected chi connectivity index (χ4v) is 4.75. The number of nitro benzene ring substituents is 1. The number of nitro groups is 1. The van der Waals surface area contributed by atoms with Gasteiger partial charge in [0.05, 0.1) is 10.3 Å². The van der Waals surface area contributed by atoms with Gasteiger partial charge in [-0.05, 0) is 24.5 Å². The Morgan fingerprint density at radius 2 is 2.07 bits per heavy atom. The van der Waals surface area contributed by atoms with Crippen LogP contribution < -0.4 is 5.56 Å². The summed E-state index contributed by atoms with van der Waals surface area (Å²) in [5.74, 6) is 0.576. The third-order valence-corrected chi connectivity index (χ3v) is 6.48. The summed E-state index contributed by atoms with van der Waals surface area (Å²) in [6.07, 6.45) is 1.59. The molecule has 0 aliphatic heterocycles. The van der Waals surface area contributed by atoms with Crippen LogP contribution in [0.15, 0.2) is 40.3 Å². The van der Waals surface area contributed by atoms with E-state index in [0.29, 0.717) is 29.4 Å². The Balaban J connectivity index is 1.89. The molecule has 3 aromatic rings. The van der Waals surface area contributed by atoms with E-state index in [1.165, 1.54) is 23.9 Å². The van der Waals surface area contributed by atoms with E-state index in [4.69, 9.17) is 9.72 Å². The number of nitrogens with zero attached hydrogens (tertiary/aromatic N) is 3. The Hall–Kier alpha value is -2.23. The number of benzene rings is 1. The molecule has 0 amide bonds. The minimum absolute atomic E-state index is 0.0248. The normalized spacial score (nSPS) is 11.2. The number of thioether (sulfide) groups is 1. The zero-order chi connectivity index (χ0) is 20.1. The van der Waals surface area contributed by atoms with Gasteiger partial charge in [-0.15, -0.1) is 11.3 Å². The van der Waals surface area contributed by atoms with E-state index < -0.39 is 4.92 Å². The van der Waals surface area contributed by atoms with Gasteiger partial charge < -0.3 is 4.74 Å². The summed E-state index contributed by atoms with van der Waals surface area (Å²) >= 11 is 3.02. The predicted molar refractivity (Wildman–Crippen MR) is 112 cm³/mol. The maximum Gasteiger partial charge on any atom is 0.269 e. The SMILES string of the molecule is CCc1cc2c(=O)n(CCCOC)c(SCc3ccc([N+](=O)[O-])cc3)nc2s1. The van der Waals surface area contributed by atoms with Gasteiger partial charge in [-0.3, -0.25) is 19.5 Å². The summed E-state index contributed by atoms with van der Waals surface area (Å²) in [5, 5.41) is 12.1. The van der Waals surface area contributed by atoms with Crippen LogP contribution in [0.3, 0.4) is 0 Å². The largest absolute Gasteiger partial charge is 0.385 e. The molecule has 2 heterocycles. The van der Waals surface area contributed by atoms with Crippen molar-refractivity contribution in [2.75, 3.05) is 13.7 Å². The first-order valence-electron chi connectivity index (χ1n) is 8.91. The molecule has 1 aromatic carbocycles. The Bertz CT molecular complexity index is 1030. The molecule has 0 unspecified atom stereocenters. The zero-order valence-corrected chi connectivity index (χ0v) is 17.3. The van der Waals surface area contributed by atoms with Crippen LogP contribution in [-0.2, 0) is 23.5 Å². The van der Waals surface area contributed by atoms with Crippen molar-refractivity contribution < 1.29 is 9.66 Å². The van der Waals surface area contributed by atoms with Gasteiger partial charge in [-0.1, -0.05) is 30.8 Å². The van der Waals surface area contributed by atoms with Crippen molar-refractivity contribution in [2.45, 2.75) is 37.2 Å². The quantitative estimate of drug-likeness (QED) is 0.169. The van der Waals surface area contributed by atoms with Gasteiger partial charge in [-0.2, -0.15) is 0 Å². The second kappa shape index (κ2) is 9.31. The minimum atomic E-state index is -0.415. The van der Waals surface area contributed by atoms with Crippen molar-refractivity contribution in [1.82, 2.24) is 9.55 Å². The summed E-state index contributed by atoms with van der Waals surface area (Å²) in [6.45, 7) is 3.17. The lowest BCUT2D eigenvalue weighted by Crippen LogP contribution is -2.23. The monoisotopic (exact) mass is 419 g/mol. The van der Waals surface area contributed by atoms with Crippen molar-refractivity contribution in [1.29, 1.82) is 0 Å². The standard InChI is InChI=1S/C19H21N3O4S2/c1-3-15-11-16-17(28-15)20-19(21(18(16)23)9-4-10-26-2)27-12-13-5-7-14(8-6-13)22(24)25/h5-8,11H,3-4,9-10,12H2,1-2H3. The van der Waals surface area contributed by atoms with Crippen LogP contribution in [0.5, 0.6) is 0 Å². The first-order valence-corrected chi connectivity index (χ1v) is 10.7. The van der Waals surface area contributed by atoms with Gasteiger partial charge in [0, 0.05) is 43.0 Å². The summed E-state index contributed by atoms with van der Waals surface area (Å²) < 4.78 is 6.83. The van der Waals surface area contributed by atoms with Crippen LogP contribution in [-0.4, -0.2) is 28.2 Å². The first-order chi connectivity index (χ1) is 13.5. The number of aryl methyl sites for hydroxylation is 1. The highest BCUT2D eigenvalue weighted by molar-refractivity contribution is 7.98. The molecule has 0 aliphatic carbocycles. The lowest BCUT2D eigenvalue weighted by atomic mass is 10.2. The molecule has 28 heavy (non-hydrogen) atoms. The Kier molecular flexibility index (Phi) is 6.82. The highest BCUT2D eigenvalue weighted by Gasteiger charge is 2.15. The van der Waals surface area contributed by atoms with Gasteiger partial charge in [0.15, 0.2) is 5.16 Å². The molecule has 0 N–H and O–H groups in total. The van der Waals surface area contributed by atoms with Crippen LogP contribution in [0.2, 0.25) is 0 Å². The molecule has 0 spiro atoms. The highest BCUT2D eigenvalue weighted by Crippen LogP contribution is 2.27. The van der Waals surface area contributed by atoms with Gasteiger partial charge in [0.1, 0.15) is 4.83 Å². The van der Waals surface area contributed by atoms with E-state index in [2.05, 4.69) is 6.92 Å². The Morgan fingerprint density at radius 1 is 1.32 bits per heavy atom. The van der Waals surface area contributed by atoms with Crippen LogP contribution >= 0.6 is 23.1 Å². The lowest BCUT2D eigenvalue weighted by Gasteiger charge is -2.11. The smallest absolute Gasteiger partial charge is 0.269 e. The van der Waals surface area contributed by atoms with E-state index in [1.54, 1.807) is 35.1 Å². The highest BCUT2D eigenvalue weighted by atomic mass is 32.2. The van der Waals surface area contributed by atoms with Crippen LogP contribution in [0.4, 0.5) is 5.69 Å². The van der Waals surface area contributed by atoms with E-state index >= 15 is 0 Å². The third kappa shape index (κ3) is 4.60. The Labute approximate surface area is 170 Å². The van der Waals surface area contributed by atoms with Crippen LogP contribution in [0, 0.1) is 10.1 Å². The summed E-state index contributed by atoms with van der Waals surface area (Å²) in [7, 11) is 1.64. The van der Waals surface area contributed by atoms with E-state index in [1.807, 2.05) is 6.07 Å². The molecule has 0 fully saturated rings. The summed E-state index contributed by atoms with van der Waals surface area (Å²) in [4.78, 5) is 30.0. The number of rotatable bonds is 9. The number of ether oxygens (including phenoxy) is 1. The number of hydrogen-bond acceptors (Lipinski definition) is 7. The summed E-state index contributed by atoms with van der Waals surface area (Å²) in [6, 6.07) is 8.39. The molecule has 0 aliphatic rings. The van der Waals surface area contributed by atoms with Crippen molar-refractivity contribution in [3.05, 3.63) is 61.2 Å². The average Bonchev–Trinajstić information content (AvgIpc) is 3.12. The van der Waals surface area contributed by atoms with Gasteiger partial charge in [0.2, 0.25) is 0 Å². The molecule has 0 atom stereocenters. The van der Waals surface area contributed by atoms with Gasteiger partial charge in [-0.25, -0.2) is 4.98 Å². The summed E-state index contributed by atoms with van der Waals surface area (Å²) in [5.41, 5.74) is 0.979. The van der Waals surface area contributed by atoms with Gasteiger partial charge in [0.25, 0.3) is 11.2 Å². The topological polar surface area (TPSA) is 87.3 Å². The second-order valence-corrected chi connectivity index (χ2v) is 8.25. The van der Waals surface area contributed by atoms with E-state index in [9.17, 15) is 14.9 Å². The van der Waals surface area contributed by atoms with Gasteiger partial charge >= 0.3 is 0 Å². The number of thiophene rings is 1. The number of fused-ring (bicyclic) bond motifs is 1. The van der Waals surface area contributed by atoms with Crippen LogP contribution in [0.25, 0.3) is 10.2 Å². The fourth-order valence-electron chi connectivity index (χ4n) is 2.76. The van der Waals surface area contributed by atoms with Crippen LogP contribution in [0.1, 0.15) is 23.8 Å². The van der Waals surface area contributed by atoms with E-state index in [0.717, 1.165) is 28.1 Å². The molecule has 7 nitrogen and oxygen atoms in total. The number of hydrogen-bond donors (Lipinski definition) is 0. The zero-order valence-electron chi connectivity index (χ0n) is 15.7. The lowest BCUT2D eigenvalue weighted by molar-refractivity contribution is -0.384. The predicted octanol–water partition coefficient (Wildman–Crippen LogP) is 4.26. The number of aromatic nitrogens is 2. The fraction of sp³-hybridized carbons (Fsp3) is 0.368. The maximum atomic E-state index is 13.0. The molecule has 0 bridgehead atoms. The molecule has 2 aromatic heterocycles. The molecular formula is C19H21N3O4S2. The molecule has 3 rings (SSSR count). The molecule has 0 radical (unpaired) electrons. The molecule has 0 saturated heterocycles. The first kappa shape index (κ1) is 20.5. The molecule has 9 heteroatoms. The molecule has 148 valence electrons. The second-order valence-electron chi connectivity index (χ2n) is 6.19. The van der Waals surface area contributed by atoms with Crippen molar-refractivity contribution in [3.63, 3.8) is 0 Å². The van der Waals surface area contributed by atoms with Crippen molar-refractivity contribution in [2.24, 2.45) is 0 Å². The Morgan fingerprint density at radius 3 is 2.71 bits per heavy atom. The van der Waals surface area contributed by atoms with E-state index in [-0.39, 0.29) is 11.2 Å². The third-order valence-electron chi connectivity index (χ3n) is 4.26. The molecule has 0 saturated carbocycles. The maximum absolute atomic E-state index is 13.0.